The van der Waals surface area contributed by atoms with E-state index >= 15 is 0 Å². The van der Waals surface area contributed by atoms with Crippen LogP contribution in [0.5, 0.6) is 0 Å². The van der Waals surface area contributed by atoms with Gasteiger partial charge in [-0.05, 0) is 33.9 Å². The lowest BCUT2D eigenvalue weighted by Gasteiger charge is -2.20. The molecule has 0 rings (SSSR count). The largest absolute Gasteiger partial charge is 0.481 e. The second-order valence-electron chi connectivity index (χ2n) is 4.80. The third kappa shape index (κ3) is 7.89. The lowest BCUT2D eigenvalue weighted by atomic mass is 10.2. The number of aliphatic carboxylic acids is 1. The molecular formula is C12H25N3O3. The first-order valence-electron chi connectivity index (χ1n) is 6.29. The van der Waals surface area contributed by atoms with E-state index < -0.39 is 11.9 Å². The summed E-state index contributed by atoms with van der Waals surface area (Å²) < 4.78 is 0. The molecule has 6 heteroatoms. The predicted octanol–water partition coefficient (Wildman–Crippen LogP) is 0.737. The number of hydrogen-bond donors (Lipinski definition) is 3. The fourth-order valence-electron chi connectivity index (χ4n) is 1.18. The summed E-state index contributed by atoms with van der Waals surface area (Å²) in [6.45, 7) is 7.45. The van der Waals surface area contributed by atoms with Gasteiger partial charge in [-0.25, -0.2) is 4.79 Å². The summed E-state index contributed by atoms with van der Waals surface area (Å²) in [6, 6.07) is 0.186. The number of rotatable bonds is 8. The number of urea groups is 1. The molecule has 0 fully saturated rings. The third-order valence-electron chi connectivity index (χ3n) is 2.85. The topological polar surface area (TPSA) is 81.7 Å². The number of nitrogens with one attached hydrogen (secondary N) is 2. The van der Waals surface area contributed by atoms with Crippen molar-refractivity contribution < 1.29 is 14.7 Å². The smallest absolute Gasteiger partial charge is 0.314 e. The first-order chi connectivity index (χ1) is 8.34. The van der Waals surface area contributed by atoms with E-state index in [-0.39, 0.29) is 12.6 Å². The molecule has 0 spiro atoms. The van der Waals surface area contributed by atoms with Gasteiger partial charge in [-0.1, -0.05) is 6.92 Å². The van der Waals surface area contributed by atoms with Gasteiger partial charge in [-0.3, -0.25) is 4.79 Å². The minimum atomic E-state index is -0.908. The molecule has 0 aliphatic rings. The summed E-state index contributed by atoms with van der Waals surface area (Å²) in [5.74, 6) is -1.48. The molecule has 0 aliphatic carbocycles. The van der Waals surface area contributed by atoms with Crippen molar-refractivity contribution in [3.63, 3.8) is 0 Å². The lowest BCUT2D eigenvalue weighted by molar-refractivity contribution is -0.140. The number of hydrogen-bond acceptors (Lipinski definition) is 3. The Hall–Kier alpha value is -1.30. The predicted molar refractivity (Wildman–Crippen MR) is 70.6 cm³/mol. The van der Waals surface area contributed by atoms with Gasteiger partial charge in [0.25, 0.3) is 0 Å². The van der Waals surface area contributed by atoms with Crippen LogP contribution in [0.3, 0.4) is 0 Å². The van der Waals surface area contributed by atoms with E-state index in [4.69, 9.17) is 5.11 Å². The van der Waals surface area contributed by atoms with Crippen molar-refractivity contribution in [1.82, 2.24) is 15.5 Å². The molecule has 3 N–H and O–H groups in total. The standard InChI is InChI=1S/C12H25N3O3/c1-9(2)15(4)7-5-6-13-12(18)14-8-10(3)11(16)17/h9-10H,5-8H2,1-4H3,(H,16,17)(H2,13,14,18). The summed E-state index contributed by atoms with van der Waals surface area (Å²) in [5, 5.41) is 13.9. The molecule has 106 valence electrons. The third-order valence-corrected chi connectivity index (χ3v) is 2.85. The first-order valence-corrected chi connectivity index (χ1v) is 6.29. The molecule has 0 aromatic rings. The van der Waals surface area contributed by atoms with Crippen LogP contribution in [0.1, 0.15) is 27.2 Å². The highest BCUT2D eigenvalue weighted by atomic mass is 16.4. The van der Waals surface area contributed by atoms with Crippen LogP contribution < -0.4 is 10.6 Å². The van der Waals surface area contributed by atoms with Gasteiger partial charge in [-0.2, -0.15) is 0 Å². The number of carboxylic acids is 1. The fourth-order valence-corrected chi connectivity index (χ4v) is 1.18. The Bertz CT molecular complexity index is 269. The maximum atomic E-state index is 11.3. The Morgan fingerprint density at radius 2 is 1.83 bits per heavy atom. The number of carbonyl (C=O) groups excluding carboxylic acids is 1. The maximum Gasteiger partial charge on any atom is 0.314 e. The molecule has 6 nitrogen and oxygen atoms in total. The van der Waals surface area contributed by atoms with E-state index in [2.05, 4.69) is 29.4 Å². The Balaban J connectivity index is 3.57. The van der Waals surface area contributed by atoms with Gasteiger partial charge in [0.05, 0.1) is 5.92 Å². The van der Waals surface area contributed by atoms with Crippen LogP contribution in [0.15, 0.2) is 0 Å². The SMILES string of the molecule is CC(CNC(=O)NCCCN(C)C(C)C)C(=O)O. The van der Waals surface area contributed by atoms with Crippen molar-refractivity contribution in [2.45, 2.75) is 33.2 Å². The van der Waals surface area contributed by atoms with Crippen LogP contribution in [-0.2, 0) is 4.79 Å². The highest BCUT2D eigenvalue weighted by molar-refractivity contribution is 5.75. The van der Waals surface area contributed by atoms with Gasteiger partial charge >= 0.3 is 12.0 Å². The molecule has 1 unspecified atom stereocenters. The van der Waals surface area contributed by atoms with E-state index in [1.165, 1.54) is 0 Å². The molecule has 2 amide bonds. The van der Waals surface area contributed by atoms with E-state index in [9.17, 15) is 9.59 Å². The second-order valence-corrected chi connectivity index (χ2v) is 4.80. The van der Waals surface area contributed by atoms with Crippen LogP contribution in [0.25, 0.3) is 0 Å². The summed E-state index contributed by atoms with van der Waals surface area (Å²) in [5.41, 5.74) is 0. The van der Waals surface area contributed by atoms with Crippen LogP contribution in [0.4, 0.5) is 4.79 Å². The van der Waals surface area contributed by atoms with E-state index in [0.29, 0.717) is 12.6 Å². The zero-order valence-corrected chi connectivity index (χ0v) is 11.7. The maximum absolute atomic E-state index is 11.3. The molecular weight excluding hydrogens is 234 g/mol. The van der Waals surface area contributed by atoms with Crippen molar-refractivity contribution in [3.8, 4) is 0 Å². The molecule has 0 radical (unpaired) electrons. The van der Waals surface area contributed by atoms with Gasteiger partial charge in [0.2, 0.25) is 0 Å². The number of carbonyl (C=O) groups is 2. The number of carboxylic acid groups (broad SMARTS) is 1. The van der Waals surface area contributed by atoms with Crippen LogP contribution in [-0.4, -0.2) is 54.7 Å². The fraction of sp³-hybridized carbons (Fsp3) is 0.833. The van der Waals surface area contributed by atoms with E-state index in [0.717, 1.165) is 13.0 Å². The Kier molecular flexibility index (Phi) is 8.11. The molecule has 0 saturated heterocycles. The Labute approximate surface area is 109 Å². The van der Waals surface area contributed by atoms with Crippen molar-refractivity contribution in [2.75, 3.05) is 26.7 Å². The molecule has 18 heavy (non-hydrogen) atoms. The quantitative estimate of drug-likeness (QED) is 0.561. The van der Waals surface area contributed by atoms with Crippen LogP contribution >= 0.6 is 0 Å². The summed E-state index contributed by atoms with van der Waals surface area (Å²) in [7, 11) is 2.04. The molecule has 0 saturated carbocycles. The molecule has 1 atom stereocenters. The summed E-state index contributed by atoms with van der Waals surface area (Å²) >= 11 is 0. The van der Waals surface area contributed by atoms with Gasteiger partial charge < -0.3 is 20.6 Å². The van der Waals surface area contributed by atoms with E-state index in [1.807, 2.05) is 7.05 Å². The molecule has 0 bridgehead atoms. The second kappa shape index (κ2) is 8.74. The normalized spacial score (nSPS) is 12.6. The zero-order chi connectivity index (χ0) is 14.1. The van der Waals surface area contributed by atoms with Crippen LogP contribution in [0.2, 0.25) is 0 Å². The van der Waals surface area contributed by atoms with Crippen molar-refractivity contribution in [3.05, 3.63) is 0 Å². The Morgan fingerprint density at radius 3 is 2.33 bits per heavy atom. The summed E-state index contributed by atoms with van der Waals surface area (Å²) in [6.07, 6.45) is 0.872. The highest BCUT2D eigenvalue weighted by Crippen LogP contribution is 1.94. The van der Waals surface area contributed by atoms with Crippen LogP contribution in [0, 0.1) is 5.92 Å². The Morgan fingerprint density at radius 1 is 1.22 bits per heavy atom. The van der Waals surface area contributed by atoms with Crippen molar-refractivity contribution >= 4 is 12.0 Å². The average molecular weight is 259 g/mol. The summed E-state index contributed by atoms with van der Waals surface area (Å²) in [4.78, 5) is 24.1. The average Bonchev–Trinajstić information content (AvgIpc) is 2.30. The highest BCUT2D eigenvalue weighted by Gasteiger charge is 2.11. The van der Waals surface area contributed by atoms with E-state index in [1.54, 1.807) is 6.92 Å². The van der Waals surface area contributed by atoms with Gasteiger partial charge in [0.15, 0.2) is 0 Å². The minimum absolute atomic E-state index is 0.146. The molecule has 0 aromatic carbocycles. The van der Waals surface area contributed by atoms with Crippen molar-refractivity contribution in [2.24, 2.45) is 5.92 Å². The molecule has 0 aromatic heterocycles. The molecule has 0 aliphatic heterocycles. The number of nitrogens with zero attached hydrogens (tertiary/aromatic N) is 1. The van der Waals surface area contributed by atoms with Gasteiger partial charge in [-0.15, -0.1) is 0 Å². The van der Waals surface area contributed by atoms with Gasteiger partial charge in [0, 0.05) is 19.1 Å². The minimum Gasteiger partial charge on any atom is -0.481 e. The zero-order valence-electron chi connectivity index (χ0n) is 11.7. The molecule has 0 heterocycles. The lowest BCUT2D eigenvalue weighted by Crippen LogP contribution is -2.40. The monoisotopic (exact) mass is 259 g/mol. The first kappa shape index (κ1) is 16.7. The van der Waals surface area contributed by atoms with Gasteiger partial charge in [0.1, 0.15) is 0 Å². The van der Waals surface area contributed by atoms with Crippen molar-refractivity contribution in [1.29, 1.82) is 0 Å². The number of amides is 2.